The zero-order valence-electron chi connectivity index (χ0n) is 26.6. The summed E-state index contributed by atoms with van der Waals surface area (Å²) in [6.07, 6.45) is 8.45. The van der Waals surface area contributed by atoms with Crippen LogP contribution in [0, 0.1) is 11.8 Å². The molecule has 0 saturated heterocycles. The smallest absolute Gasteiger partial charge is 0.166 e. The minimum atomic E-state index is 0.146. The lowest BCUT2D eigenvalue weighted by Crippen LogP contribution is -2.15. The second kappa shape index (κ2) is 8.18. The molecule has 4 aromatic heterocycles. The monoisotopic (exact) mass is 620 g/mol. The van der Waals surface area contributed by atoms with Crippen LogP contribution in [0.4, 0.5) is 0 Å². The molecule has 9 aromatic rings. The molecule has 15 rings (SSSR count). The van der Waals surface area contributed by atoms with Crippen LogP contribution in [0.1, 0.15) is 95.0 Å². The highest BCUT2D eigenvalue weighted by Gasteiger charge is 2.38. The van der Waals surface area contributed by atoms with Gasteiger partial charge in [-0.1, -0.05) is 36.4 Å². The zero-order chi connectivity index (χ0) is 31.2. The van der Waals surface area contributed by atoms with E-state index in [4.69, 9.17) is 0 Å². The second-order valence-electron chi connectivity index (χ2n) is 15.7. The highest BCUT2D eigenvalue weighted by atomic mass is 16.1. The van der Waals surface area contributed by atoms with E-state index < -0.39 is 0 Å². The van der Waals surface area contributed by atoms with Crippen molar-refractivity contribution >= 4 is 87.8 Å². The first-order chi connectivity index (χ1) is 23.6. The first-order valence-corrected chi connectivity index (χ1v) is 18.1. The Morgan fingerprint density at radius 3 is 1.62 bits per heavy atom. The van der Waals surface area contributed by atoms with Crippen molar-refractivity contribution in [2.75, 3.05) is 0 Å². The summed E-state index contributed by atoms with van der Waals surface area (Å²) < 4.78 is 4.98. The summed E-state index contributed by atoms with van der Waals surface area (Å²) >= 11 is 0. The Morgan fingerprint density at radius 2 is 0.938 bits per heavy atom. The maximum atomic E-state index is 14.1. The number of aromatic nitrogens is 2. The number of para-hydroxylation sites is 2. The standard InChI is InChI=1S/C44H32N2O2/c47-43-23-12-8-21(9-13-23)28-16-30-32-18-31-27-6-3-5-26-25-4-1-2-7-36(25)46(40(26)27)42(31)39-35-17-29-22-10-14-24(15-11-22)44(48)34(29)20-38(35)45(41(32)39)37(30)19-33(28)43/h1-7,16-24H,8-15H2. The molecule has 4 heteroatoms. The minimum absolute atomic E-state index is 0.146. The quantitative estimate of drug-likeness (QED) is 0.169. The number of benzene rings is 5. The van der Waals surface area contributed by atoms with E-state index in [1.807, 2.05) is 0 Å². The lowest BCUT2D eigenvalue weighted by atomic mass is 9.82. The summed E-state index contributed by atoms with van der Waals surface area (Å²) in [4.78, 5) is 28.1. The van der Waals surface area contributed by atoms with Gasteiger partial charge >= 0.3 is 0 Å². The van der Waals surface area contributed by atoms with Gasteiger partial charge in [-0.2, -0.15) is 0 Å². The highest BCUT2D eigenvalue weighted by molar-refractivity contribution is 6.37. The van der Waals surface area contributed by atoms with Gasteiger partial charge in [-0.25, -0.2) is 0 Å². The molecule has 4 nitrogen and oxygen atoms in total. The highest BCUT2D eigenvalue weighted by Crippen LogP contribution is 2.52. The molecule has 0 N–H and O–H groups in total. The van der Waals surface area contributed by atoms with Gasteiger partial charge in [0.2, 0.25) is 0 Å². The lowest BCUT2D eigenvalue weighted by Gasteiger charge is -2.22. The summed E-state index contributed by atoms with van der Waals surface area (Å²) in [5.41, 5.74) is 11.7. The average molecular weight is 621 g/mol. The topological polar surface area (TPSA) is 43.0 Å². The molecule has 5 aromatic carbocycles. The van der Waals surface area contributed by atoms with Gasteiger partial charge in [0.15, 0.2) is 11.6 Å². The van der Waals surface area contributed by atoms with E-state index in [1.165, 1.54) is 76.3 Å². The molecule has 0 atom stereocenters. The van der Waals surface area contributed by atoms with Gasteiger partial charge in [-0.3, -0.25) is 9.59 Å². The number of Topliss-reactive ketones (excluding diaryl/α,β-unsaturated/α-hetero) is 2. The lowest BCUT2D eigenvalue weighted by molar-refractivity contribution is 0.0891. The van der Waals surface area contributed by atoms with Crippen LogP contribution in [-0.4, -0.2) is 20.4 Å². The Morgan fingerprint density at radius 1 is 0.417 bits per heavy atom. The average Bonchev–Trinajstić information content (AvgIpc) is 3.76. The van der Waals surface area contributed by atoms with Gasteiger partial charge in [0.05, 0.1) is 33.1 Å². The number of fused-ring (bicyclic) bond motifs is 17. The molecular weight excluding hydrogens is 588 g/mol. The van der Waals surface area contributed by atoms with Crippen LogP contribution in [-0.2, 0) is 0 Å². The summed E-state index contributed by atoms with van der Waals surface area (Å²) in [7, 11) is 0. The van der Waals surface area contributed by atoms with Gasteiger partial charge in [0, 0.05) is 66.1 Å². The van der Waals surface area contributed by atoms with Crippen LogP contribution in [0.3, 0.4) is 0 Å². The van der Waals surface area contributed by atoms with Crippen LogP contribution >= 0.6 is 0 Å². The number of ketones is 2. The van der Waals surface area contributed by atoms with Gasteiger partial charge in [-0.05, 0) is 111 Å². The Kier molecular flexibility index (Phi) is 4.28. The molecule has 0 spiro atoms. The number of hydrogen-bond donors (Lipinski definition) is 0. The van der Waals surface area contributed by atoms with Gasteiger partial charge in [0.25, 0.3) is 0 Å². The Hall–Kier alpha value is -4.96. The number of rotatable bonds is 0. The fraction of sp³-hybridized carbons (Fsp3) is 0.273. The van der Waals surface area contributed by atoms with Crippen molar-refractivity contribution < 1.29 is 9.59 Å². The maximum Gasteiger partial charge on any atom is 0.166 e. The Labute approximate surface area is 275 Å². The largest absolute Gasteiger partial charge is 0.308 e. The van der Waals surface area contributed by atoms with Crippen LogP contribution in [0.15, 0.2) is 72.8 Å². The van der Waals surface area contributed by atoms with E-state index >= 15 is 0 Å². The molecule has 0 unspecified atom stereocenters. The van der Waals surface area contributed by atoms with Crippen LogP contribution in [0.2, 0.25) is 0 Å². The number of hydrogen-bond acceptors (Lipinski definition) is 2. The molecule has 0 radical (unpaired) electrons. The van der Waals surface area contributed by atoms with Crippen molar-refractivity contribution in [1.29, 1.82) is 0 Å². The van der Waals surface area contributed by atoms with E-state index in [9.17, 15) is 9.59 Å². The van der Waals surface area contributed by atoms with Crippen molar-refractivity contribution in [2.45, 2.75) is 63.2 Å². The first kappa shape index (κ1) is 25.1. The number of carbonyl (C=O) groups is 2. The van der Waals surface area contributed by atoms with Crippen molar-refractivity contribution in [1.82, 2.24) is 8.80 Å². The predicted molar refractivity (Wildman–Crippen MR) is 194 cm³/mol. The molecule has 2 fully saturated rings. The molecule has 6 aliphatic carbocycles. The summed E-state index contributed by atoms with van der Waals surface area (Å²) in [5.74, 6) is 1.88. The van der Waals surface area contributed by atoms with Crippen molar-refractivity contribution in [3.8, 4) is 0 Å². The minimum Gasteiger partial charge on any atom is -0.308 e. The van der Waals surface area contributed by atoms with Crippen molar-refractivity contribution in [2.24, 2.45) is 11.8 Å². The normalized spacial score (nSPS) is 24.1. The Balaban J connectivity index is 1.30. The van der Waals surface area contributed by atoms with E-state index in [0.717, 1.165) is 73.5 Å². The van der Waals surface area contributed by atoms with E-state index in [1.54, 1.807) is 0 Å². The molecule has 48 heavy (non-hydrogen) atoms. The van der Waals surface area contributed by atoms with Crippen LogP contribution in [0.25, 0.3) is 76.2 Å². The molecule has 6 aliphatic rings. The molecule has 0 amide bonds. The van der Waals surface area contributed by atoms with Gasteiger partial charge in [0.1, 0.15) is 0 Å². The van der Waals surface area contributed by atoms with Crippen molar-refractivity contribution in [3.05, 3.63) is 95.1 Å². The van der Waals surface area contributed by atoms with Crippen molar-refractivity contribution in [3.63, 3.8) is 0 Å². The SMILES string of the molecule is O=C1c2cc3c(cc2C2CCC1CC2)c1cc2c4cccc5c6ccccc6n(c54)c2c2c4cc5c(cc4n3c12)C(=O)C1CCC5CC1. The van der Waals surface area contributed by atoms with Crippen LogP contribution < -0.4 is 0 Å². The molecule has 230 valence electrons. The number of nitrogens with zero attached hydrogens (tertiary/aromatic N) is 2. The predicted octanol–water partition coefficient (Wildman–Crippen LogP) is 10.9. The van der Waals surface area contributed by atoms with E-state index in [0.29, 0.717) is 23.4 Å². The molecule has 4 heterocycles. The van der Waals surface area contributed by atoms with E-state index in [2.05, 4.69) is 81.6 Å². The third-order valence-corrected chi connectivity index (χ3v) is 13.7. The van der Waals surface area contributed by atoms with E-state index in [-0.39, 0.29) is 11.8 Å². The van der Waals surface area contributed by atoms with Gasteiger partial charge in [-0.15, -0.1) is 0 Å². The van der Waals surface area contributed by atoms with Gasteiger partial charge < -0.3 is 8.80 Å². The fourth-order valence-corrected chi connectivity index (χ4v) is 11.5. The molecule has 4 bridgehead atoms. The Bertz CT molecular complexity index is 2960. The number of carbonyl (C=O) groups excluding carboxylic acids is 2. The third-order valence-electron chi connectivity index (χ3n) is 13.7. The molecule has 0 aliphatic heterocycles. The molecule has 2 saturated carbocycles. The third kappa shape index (κ3) is 2.70. The van der Waals surface area contributed by atoms with Crippen LogP contribution in [0.5, 0.6) is 0 Å². The zero-order valence-corrected chi connectivity index (χ0v) is 26.6. The maximum absolute atomic E-state index is 14.1. The molecular formula is C44H32N2O2. The summed E-state index contributed by atoms with van der Waals surface area (Å²) in [6, 6.07) is 27.4. The first-order valence-electron chi connectivity index (χ1n) is 18.1. The fourth-order valence-electron chi connectivity index (χ4n) is 11.5. The second-order valence-corrected chi connectivity index (χ2v) is 15.7. The summed E-state index contributed by atoms with van der Waals surface area (Å²) in [5, 5.41) is 10.2. The summed E-state index contributed by atoms with van der Waals surface area (Å²) in [6.45, 7) is 0.